The van der Waals surface area contributed by atoms with Crippen LogP contribution >= 0.6 is 0 Å². The first-order valence-corrected chi connectivity index (χ1v) is 16.1. The van der Waals surface area contributed by atoms with E-state index in [2.05, 4.69) is 61.3 Å². The first-order valence-electron chi connectivity index (χ1n) is 16.1. The van der Waals surface area contributed by atoms with Crippen molar-refractivity contribution in [3.63, 3.8) is 0 Å². The zero-order valence-corrected chi connectivity index (χ0v) is 26.6. The minimum Gasteiger partial charge on any atom is -0.392 e. The van der Waals surface area contributed by atoms with Crippen molar-refractivity contribution in [2.45, 2.75) is 51.0 Å². The van der Waals surface area contributed by atoms with Crippen molar-refractivity contribution in [3.05, 3.63) is 154 Å². The second-order valence-corrected chi connectivity index (χ2v) is 12.6. The van der Waals surface area contributed by atoms with E-state index in [-0.39, 0.29) is 43.2 Å². The predicted molar refractivity (Wildman–Crippen MR) is 181 cm³/mol. The van der Waals surface area contributed by atoms with Crippen LogP contribution in [0.3, 0.4) is 0 Å². The monoisotopic (exact) mass is 626 g/mol. The zero-order chi connectivity index (χ0) is 32.5. The van der Waals surface area contributed by atoms with Crippen LogP contribution in [-0.2, 0) is 22.6 Å². The van der Waals surface area contributed by atoms with Gasteiger partial charge in [-0.15, -0.1) is 0 Å². The summed E-state index contributed by atoms with van der Waals surface area (Å²) in [5, 5.41) is 12.0. The maximum atomic E-state index is 12.9. The summed E-state index contributed by atoms with van der Waals surface area (Å²) in [6.45, 7) is 3.11. The van der Waals surface area contributed by atoms with E-state index in [1.165, 1.54) is 21.2 Å². The molecule has 0 aromatic heterocycles. The lowest BCUT2D eigenvalue weighted by atomic mass is 9.98. The van der Waals surface area contributed by atoms with Crippen molar-refractivity contribution in [1.29, 1.82) is 0 Å². The van der Waals surface area contributed by atoms with E-state index in [9.17, 15) is 14.7 Å². The van der Waals surface area contributed by atoms with Gasteiger partial charge in [0.2, 0.25) is 0 Å². The van der Waals surface area contributed by atoms with Crippen LogP contribution in [-0.4, -0.2) is 46.4 Å². The molecule has 2 heterocycles. The van der Waals surface area contributed by atoms with E-state index >= 15 is 0 Å². The number of hydrogen-bond acceptors (Lipinski definition) is 6. The Hall–Kier alpha value is -4.66. The molecule has 1 fully saturated rings. The smallest absolute Gasteiger partial charge is 0.261 e. The Kier molecular flexibility index (Phi) is 8.71. The second kappa shape index (κ2) is 13.2. The van der Waals surface area contributed by atoms with Gasteiger partial charge >= 0.3 is 0 Å². The Morgan fingerprint density at radius 1 is 0.766 bits per heavy atom. The van der Waals surface area contributed by atoms with Gasteiger partial charge in [-0.2, -0.15) is 0 Å². The predicted octanol–water partition coefficient (Wildman–Crippen LogP) is 7.37. The summed E-state index contributed by atoms with van der Waals surface area (Å²) in [7, 11) is 2.13. The van der Waals surface area contributed by atoms with Crippen LogP contribution in [0.15, 0.2) is 115 Å². The molecule has 5 aromatic carbocycles. The van der Waals surface area contributed by atoms with Gasteiger partial charge in [0.25, 0.3) is 11.8 Å². The second-order valence-electron chi connectivity index (χ2n) is 12.6. The maximum Gasteiger partial charge on any atom is 0.261 e. The van der Waals surface area contributed by atoms with E-state index < -0.39 is 6.29 Å². The molecule has 0 bridgehead atoms. The molecule has 0 radical (unpaired) electrons. The molecule has 4 atom stereocenters. The number of amides is 2. The van der Waals surface area contributed by atoms with Gasteiger partial charge in [-0.3, -0.25) is 19.4 Å². The number of rotatable bonds is 9. The molecule has 0 unspecified atom stereocenters. The molecular weight excluding hydrogens is 588 g/mol. The summed E-state index contributed by atoms with van der Waals surface area (Å²) >= 11 is 0. The summed E-state index contributed by atoms with van der Waals surface area (Å²) in [5.74, 6) is -0.540. The fraction of sp³-hybridized carbons (Fsp3) is 0.250. The van der Waals surface area contributed by atoms with Crippen molar-refractivity contribution in [3.8, 4) is 0 Å². The standard InChI is InChI=1S/C40H38N2O5/c1-26(32-20-19-29-7-3-4-8-33(29)21-32)41(2)24-34-22-37(30-15-13-28(25-43)14-16-30)47-40(46-34)31-17-11-27(12-18-31)23-42-38(44)35-9-5-6-10-36(35)39(42)45/h3-21,26,34,37,40,43H,22-25H2,1-2H3/t26-,34+,37-,40-/m1/s1. The summed E-state index contributed by atoms with van der Waals surface area (Å²) in [5.41, 5.74) is 5.74. The Morgan fingerprint density at radius 3 is 2.06 bits per heavy atom. The quantitative estimate of drug-likeness (QED) is 0.172. The van der Waals surface area contributed by atoms with E-state index in [0.717, 1.165) is 22.3 Å². The van der Waals surface area contributed by atoms with Crippen LogP contribution in [0, 0.1) is 0 Å². The molecule has 0 saturated carbocycles. The minimum absolute atomic E-state index is 0.00925. The summed E-state index contributed by atoms with van der Waals surface area (Å²) in [6.07, 6.45) is -0.230. The van der Waals surface area contributed by atoms with Gasteiger partial charge in [0.15, 0.2) is 6.29 Å². The van der Waals surface area contributed by atoms with Crippen molar-refractivity contribution in [1.82, 2.24) is 9.80 Å². The van der Waals surface area contributed by atoms with E-state index in [1.807, 2.05) is 48.5 Å². The summed E-state index contributed by atoms with van der Waals surface area (Å²) in [6, 6.07) is 37.8. The molecular formula is C40H38N2O5. The molecule has 238 valence electrons. The number of imide groups is 1. The van der Waals surface area contributed by atoms with Crippen molar-refractivity contribution >= 4 is 22.6 Å². The number of aliphatic hydroxyl groups excluding tert-OH is 1. The zero-order valence-electron chi connectivity index (χ0n) is 26.6. The normalized spacial score (nSPS) is 20.2. The van der Waals surface area contributed by atoms with Crippen molar-refractivity contribution in [2.24, 2.45) is 0 Å². The number of benzene rings is 5. The molecule has 47 heavy (non-hydrogen) atoms. The Labute approximate surface area is 275 Å². The molecule has 7 nitrogen and oxygen atoms in total. The average molecular weight is 627 g/mol. The van der Waals surface area contributed by atoms with Gasteiger partial charge in [-0.05, 0) is 65.2 Å². The summed E-state index contributed by atoms with van der Waals surface area (Å²) < 4.78 is 13.2. The van der Waals surface area contributed by atoms with E-state index in [1.54, 1.807) is 24.3 Å². The Morgan fingerprint density at radius 2 is 1.38 bits per heavy atom. The van der Waals surface area contributed by atoms with Gasteiger partial charge in [-0.1, -0.05) is 97.1 Å². The topological polar surface area (TPSA) is 79.3 Å². The first kappa shape index (κ1) is 31.0. The van der Waals surface area contributed by atoms with Crippen LogP contribution in [0.4, 0.5) is 0 Å². The molecule has 1 saturated heterocycles. The van der Waals surface area contributed by atoms with Gasteiger partial charge in [-0.25, -0.2) is 0 Å². The van der Waals surface area contributed by atoms with Gasteiger partial charge in [0.05, 0.1) is 36.5 Å². The fourth-order valence-electron chi connectivity index (χ4n) is 6.58. The average Bonchev–Trinajstić information content (AvgIpc) is 3.36. The third-order valence-electron chi connectivity index (χ3n) is 9.49. The van der Waals surface area contributed by atoms with Gasteiger partial charge < -0.3 is 14.6 Å². The van der Waals surface area contributed by atoms with Gasteiger partial charge in [0.1, 0.15) is 0 Å². The number of carbonyl (C=O) groups is 2. The largest absolute Gasteiger partial charge is 0.392 e. The first-order chi connectivity index (χ1) is 22.9. The highest BCUT2D eigenvalue weighted by atomic mass is 16.7. The van der Waals surface area contributed by atoms with Crippen LogP contribution in [0.5, 0.6) is 0 Å². The van der Waals surface area contributed by atoms with Crippen LogP contribution < -0.4 is 0 Å². The molecule has 7 rings (SSSR count). The molecule has 7 heteroatoms. The highest BCUT2D eigenvalue weighted by molar-refractivity contribution is 6.21. The van der Waals surface area contributed by atoms with E-state index in [4.69, 9.17) is 9.47 Å². The lowest BCUT2D eigenvalue weighted by Crippen LogP contribution is -2.38. The van der Waals surface area contributed by atoms with Gasteiger partial charge in [0, 0.05) is 24.6 Å². The molecule has 2 amide bonds. The third-order valence-corrected chi connectivity index (χ3v) is 9.49. The van der Waals surface area contributed by atoms with E-state index in [0.29, 0.717) is 24.1 Å². The minimum atomic E-state index is -0.603. The van der Waals surface area contributed by atoms with Crippen LogP contribution in [0.1, 0.15) is 80.3 Å². The SMILES string of the molecule is C[C@H](c1ccc2ccccc2c1)N(C)C[C@@H]1C[C@H](c2ccc(CO)cc2)O[C@H](c2ccc(CN3C(=O)c4ccccc4C3=O)cc2)O1. The van der Waals surface area contributed by atoms with Crippen molar-refractivity contribution < 1.29 is 24.2 Å². The molecule has 0 aliphatic carbocycles. The molecule has 2 aliphatic rings. The molecule has 0 spiro atoms. The lowest BCUT2D eigenvalue weighted by Gasteiger charge is -2.39. The fourth-order valence-corrected chi connectivity index (χ4v) is 6.58. The number of fused-ring (bicyclic) bond motifs is 2. The number of hydrogen-bond donors (Lipinski definition) is 1. The molecule has 5 aromatic rings. The summed E-state index contributed by atoms with van der Waals surface area (Å²) in [4.78, 5) is 29.4. The molecule has 2 aliphatic heterocycles. The van der Waals surface area contributed by atoms with Crippen LogP contribution in [0.25, 0.3) is 10.8 Å². The number of aliphatic hydroxyl groups is 1. The Bertz CT molecular complexity index is 1870. The van der Waals surface area contributed by atoms with Crippen LogP contribution in [0.2, 0.25) is 0 Å². The molecule has 1 N–H and O–H groups in total. The number of likely N-dealkylation sites (N-methyl/N-ethyl adjacent to an activating group) is 1. The Balaban J connectivity index is 1.09. The number of ether oxygens (including phenoxy) is 2. The number of carbonyl (C=O) groups excluding carboxylic acids is 2. The highest BCUT2D eigenvalue weighted by Crippen LogP contribution is 2.39. The maximum absolute atomic E-state index is 12.9. The third kappa shape index (κ3) is 6.35. The lowest BCUT2D eigenvalue weighted by molar-refractivity contribution is -0.253. The highest BCUT2D eigenvalue weighted by Gasteiger charge is 2.36. The number of nitrogens with zero attached hydrogens (tertiary/aromatic N) is 2. The van der Waals surface area contributed by atoms with Crippen molar-refractivity contribution in [2.75, 3.05) is 13.6 Å².